The number of hydrogen-bond acceptors (Lipinski definition) is 5. The van der Waals surface area contributed by atoms with Gasteiger partial charge < -0.3 is 15.8 Å². The third-order valence-corrected chi connectivity index (χ3v) is 3.33. The quantitative estimate of drug-likeness (QED) is 0.835. The molecule has 1 unspecified atom stereocenters. The van der Waals surface area contributed by atoms with Crippen LogP contribution in [0.5, 0.6) is 0 Å². The summed E-state index contributed by atoms with van der Waals surface area (Å²) in [5.74, 6) is 2.22. The zero-order valence-electron chi connectivity index (χ0n) is 11.2. The van der Waals surface area contributed by atoms with Gasteiger partial charge in [0.25, 0.3) is 0 Å². The second kappa shape index (κ2) is 6.00. The highest BCUT2D eigenvalue weighted by atomic mass is 16.5. The Labute approximate surface area is 108 Å². The zero-order valence-corrected chi connectivity index (χ0v) is 11.2. The first-order valence-electron chi connectivity index (χ1n) is 6.69. The molecule has 5 heteroatoms. The fourth-order valence-corrected chi connectivity index (χ4v) is 2.14. The second-order valence-electron chi connectivity index (χ2n) is 4.70. The molecule has 100 valence electrons. The number of anilines is 2. The molecule has 1 aliphatic rings. The van der Waals surface area contributed by atoms with Crippen LogP contribution in [-0.2, 0) is 11.2 Å². The van der Waals surface area contributed by atoms with E-state index in [0.717, 1.165) is 43.2 Å². The molecule has 2 heterocycles. The van der Waals surface area contributed by atoms with E-state index in [2.05, 4.69) is 15.3 Å². The molecule has 3 N–H and O–H groups in total. The van der Waals surface area contributed by atoms with E-state index >= 15 is 0 Å². The summed E-state index contributed by atoms with van der Waals surface area (Å²) < 4.78 is 5.59. The first-order chi connectivity index (χ1) is 8.70. The maximum atomic E-state index is 5.88. The van der Waals surface area contributed by atoms with Crippen LogP contribution in [0, 0.1) is 6.92 Å². The van der Waals surface area contributed by atoms with Gasteiger partial charge >= 0.3 is 0 Å². The van der Waals surface area contributed by atoms with Crippen LogP contribution < -0.4 is 11.1 Å². The largest absolute Gasteiger partial charge is 0.383 e. The number of nitrogens with two attached hydrogens (primary N) is 1. The van der Waals surface area contributed by atoms with E-state index in [4.69, 9.17) is 10.5 Å². The Morgan fingerprint density at radius 3 is 2.94 bits per heavy atom. The summed E-state index contributed by atoms with van der Waals surface area (Å²) in [6, 6.07) is 0. The third-order valence-electron chi connectivity index (χ3n) is 3.33. The van der Waals surface area contributed by atoms with E-state index in [9.17, 15) is 0 Å². The molecular weight excluding hydrogens is 228 g/mol. The van der Waals surface area contributed by atoms with E-state index in [1.807, 2.05) is 13.8 Å². The van der Waals surface area contributed by atoms with Crippen LogP contribution >= 0.6 is 0 Å². The van der Waals surface area contributed by atoms with Crippen molar-refractivity contribution in [2.75, 3.05) is 24.2 Å². The van der Waals surface area contributed by atoms with E-state index in [1.54, 1.807) is 0 Å². The first-order valence-corrected chi connectivity index (χ1v) is 6.69. The highest BCUT2D eigenvalue weighted by Crippen LogP contribution is 2.19. The van der Waals surface area contributed by atoms with Crippen molar-refractivity contribution in [1.82, 2.24) is 9.97 Å². The summed E-state index contributed by atoms with van der Waals surface area (Å²) >= 11 is 0. The van der Waals surface area contributed by atoms with E-state index in [-0.39, 0.29) is 0 Å². The topological polar surface area (TPSA) is 73.1 Å². The standard InChI is InChI=1S/C13H22N4O/c1-3-11-16-12(14)9(2)13(17-11)15-7-6-10-5-4-8-18-10/h10H,3-8H2,1-2H3,(H3,14,15,16,17). The minimum atomic E-state index is 0.405. The summed E-state index contributed by atoms with van der Waals surface area (Å²) in [5.41, 5.74) is 6.81. The molecule has 1 aromatic heterocycles. The normalized spacial score (nSPS) is 19.1. The summed E-state index contributed by atoms with van der Waals surface area (Å²) in [6.07, 6.45) is 4.58. The molecule has 18 heavy (non-hydrogen) atoms. The zero-order chi connectivity index (χ0) is 13.0. The Hall–Kier alpha value is -1.36. The Bertz CT molecular complexity index is 402. The number of aromatic nitrogens is 2. The van der Waals surface area contributed by atoms with Gasteiger partial charge in [-0.25, -0.2) is 9.97 Å². The van der Waals surface area contributed by atoms with Crippen LogP contribution in [0.25, 0.3) is 0 Å². The van der Waals surface area contributed by atoms with Crippen LogP contribution in [0.15, 0.2) is 0 Å². The number of rotatable bonds is 5. The molecule has 0 spiro atoms. The van der Waals surface area contributed by atoms with Crippen molar-refractivity contribution >= 4 is 11.6 Å². The Balaban J connectivity index is 1.93. The van der Waals surface area contributed by atoms with Gasteiger partial charge in [0.05, 0.1) is 6.10 Å². The van der Waals surface area contributed by atoms with Crippen molar-refractivity contribution in [3.05, 3.63) is 11.4 Å². The smallest absolute Gasteiger partial charge is 0.134 e. The van der Waals surface area contributed by atoms with E-state index in [1.165, 1.54) is 12.8 Å². The van der Waals surface area contributed by atoms with Crippen LogP contribution in [0.3, 0.4) is 0 Å². The summed E-state index contributed by atoms with van der Waals surface area (Å²) in [4.78, 5) is 8.71. The lowest BCUT2D eigenvalue weighted by Crippen LogP contribution is -2.15. The number of nitrogens with one attached hydrogen (secondary N) is 1. The fraction of sp³-hybridized carbons (Fsp3) is 0.692. The Kier molecular flexibility index (Phi) is 4.36. The molecule has 0 aromatic carbocycles. The minimum Gasteiger partial charge on any atom is -0.383 e. The van der Waals surface area contributed by atoms with Gasteiger partial charge in [-0.1, -0.05) is 6.92 Å². The second-order valence-corrected chi connectivity index (χ2v) is 4.70. The fourth-order valence-electron chi connectivity index (χ4n) is 2.14. The highest BCUT2D eigenvalue weighted by Gasteiger charge is 2.15. The molecule has 0 aliphatic carbocycles. The number of nitrogens with zero attached hydrogens (tertiary/aromatic N) is 2. The van der Waals surface area contributed by atoms with Crippen molar-refractivity contribution in [3.8, 4) is 0 Å². The molecule has 2 rings (SSSR count). The Morgan fingerprint density at radius 2 is 2.28 bits per heavy atom. The molecule has 1 aliphatic heterocycles. The van der Waals surface area contributed by atoms with Crippen LogP contribution in [0.4, 0.5) is 11.6 Å². The van der Waals surface area contributed by atoms with E-state index < -0.39 is 0 Å². The first kappa shape index (κ1) is 13.1. The van der Waals surface area contributed by atoms with Gasteiger partial charge in [-0.3, -0.25) is 0 Å². The van der Waals surface area contributed by atoms with Gasteiger partial charge in [-0.15, -0.1) is 0 Å². The van der Waals surface area contributed by atoms with Gasteiger partial charge in [0.2, 0.25) is 0 Å². The molecule has 0 amide bonds. The minimum absolute atomic E-state index is 0.405. The molecule has 1 fully saturated rings. The highest BCUT2D eigenvalue weighted by molar-refractivity contribution is 5.54. The lowest BCUT2D eigenvalue weighted by Gasteiger charge is -2.13. The maximum Gasteiger partial charge on any atom is 0.134 e. The monoisotopic (exact) mass is 250 g/mol. The van der Waals surface area contributed by atoms with Crippen LogP contribution in [-0.4, -0.2) is 29.2 Å². The molecule has 5 nitrogen and oxygen atoms in total. The van der Waals surface area contributed by atoms with Crippen molar-refractivity contribution in [1.29, 1.82) is 0 Å². The lowest BCUT2D eigenvalue weighted by molar-refractivity contribution is 0.107. The molecular formula is C13H22N4O. The van der Waals surface area contributed by atoms with Crippen molar-refractivity contribution in [2.24, 2.45) is 0 Å². The summed E-state index contributed by atoms with van der Waals surface area (Å²) in [7, 11) is 0. The SMILES string of the molecule is CCc1nc(N)c(C)c(NCCC2CCCO2)n1. The summed E-state index contributed by atoms with van der Waals surface area (Å²) in [5, 5.41) is 3.34. The van der Waals surface area contributed by atoms with Crippen molar-refractivity contribution in [3.63, 3.8) is 0 Å². The van der Waals surface area contributed by atoms with Crippen molar-refractivity contribution in [2.45, 2.75) is 45.6 Å². The molecule has 0 bridgehead atoms. The molecule has 1 aromatic rings. The van der Waals surface area contributed by atoms with Gasteiger partial charge in [-0.2, -0.15) is 0 Å². The molecule has 1 atom stereocenters. The summed E-state index contributed by atoms with van der Waals surface area (Å²) in [6.45, 7) is 5.75. The van der Waals surface area contributed by atoms with Gasteiger partial charge in [0, 0.05) is 25.1 Å². The van der Waals surface area contributed by atoms with Crippen LogP contribution in [0.1, 0.15) is 37.6 Å². The number of hydrogen-bond donors (Lipinski definition) is 2. The van der Waals surface area contributed by atoms with Gasteiger partial charge in [0.1, 0.15) is 17.5 Å². The van der Waals surface area contributed by atoms with Crippen LogP contribution in [0.2, 0.25) is 0 Å². The number of nitrogen functional groups attached to an aromatic ring is 1. The van der Waals surface area contributed by atoms with Crippen molar-refractivity contribution < 1.29 is 4.74 Å². The van der Waals surface area contributed by atoms with Gasteiger partial charge in [0.15, 0.2) is 0 Å². The predicted molar refractivity (Wildman–Crippen MR) is 72.6 cm³/mol. The number of aryl methyl sites for hydroxylation is 1. The average Bonchev–Trinajstić information content (AvgIpc) is 2.87. The van der Waals surface area contributed by atoms with Gasteiger partial charge in [-0.05, 0) is 26.2 Å². The Morgan fingerprint density at radius 1 is 1.44 bits per heavy atom. The number of ether oxygens (including phenoxy) is 1. The lowest BCUT2D eigenvalue weighted by atomic mass is 10.2. The molecule has 0 radical (unpaired) electrons. The molecule has 0 saturated carbocycles. The van der Waals surface area contributed by atoms with E-state index in [0.29, 0.717) is 11.9 Å². The average molecular weight is 250 g/mol. The molecule has 1 saturated heterocycles. The third kappa shape index (κ3) is 3.10. The maximum absolute atomic E-state index is 5.88. The predicted octanol–water partition coefficient (Wildman–Crippen LogP) is 1.91.